The molecule has 0 N–H and O–H groups in total. The quantitative estimate of drug-likeness (QED) is 0.808. The molecule has 142 valence electrons. The summed E-state index contributed by atoms with van der Waals surface area (Å²) in [4.78, 5) is 28.5. The topological polar surface area (TPSA) is 49.9 Å². The number of carbonyl (C=O) groups excluding carboxylic acids is 2. The zero-order valence-electron chi connectivity index (χ0n) is 15.3. The van der Waals surface area contributed by atoms with E-state index in [1.807, 2.05) is 11.2 Å². The number of thioether (sulfide) groups is 1. The Morgan fingerprint density at radius 3 is 2.62 bits per heavy atom. The van der Waals surface area contributed by atoms with Crippen LogP contribution < -0.4 is 0 Å². The Kier molecular flexibility index (Phi) is 5.87. The van der Waals surface area contributed by atoms with Crippen molar-refractivity contribution >= 4 is 23.6 Å². The first-order valence-corrected chi connectivity index (χ1v) is 10.3. The molecule has 2 aliphatic rings. The van der Waals surface area contributed by atoms with Crippen molar-refractivity contribution in [3.8, 4) is 0 Å². The number of halogens is 1. The molecular weight excluding hydrogens is 355 g/mol. The van der Waals surface area contributed by atoms with E-state index in [1.165, 1.54) is 17.8 Å². The summed E-state index contributed by atoms with van der Waals surface area (Å²) in [5, 5.41) is 0. The Hall–Kier alpha value is -1.60. The summed E-state index contributed by atoms with van der Waals surface area (Å²) in [6, 6.07) is 4.69. The van der Waals surface area contributed by atoms with Crippen molar-refractivity contribution in [3.63, 3.8) is 0 Å². The summed E-state index contributed by atoms with van der Waals surface area (Å²) < 4.78 is 20.1. The maximum atomic E-state index is 14.1. The summed E-state index contributed by atoms with van der Waals surface area (Å²) in [5.74, 6) is -0.118. The van der Waals surface area contributed by atoms with E-state index in [2.05, 4.69) is 0 Å². The van der Waals surface area contributed by atoms with Gasteiger partial charge in [-0.2, -0.15) is 11.8 Å². The molecule has 1 aromatic rings. The van der Waals surface area contributed by atoms with Crippen LogP contribution in [0.25, 0.3) is 0 Å². The summed E-state index contributed by atoms with van der Waals surface area (Å²) in [7, 11) is 0. The van der Waals surface area contributed by atoms with Crippen molar-refractivity contribution < 1.29 is 18.7 Å². The molecule has 0 saturated carbocycles. The third-order valence-electron chi connectivity index (χ3n) is 5.27. The van der Waals surface area contributed by atoms with Crippen molar-refractivity contribution in [1.29, 1.82) is 0 Å². The van der Waals surface area contributed by atoms with Gasteiger partial charge in [-0.25, -0.2) is 4.39 Å². The number of likely N-dealkylation sites (tertiary alicyclic amines) is 1. The van der Waals surface area contributed by atoms with E-state index >= 15 is 0 Å². The van der Waals surface area contributed by atoms with Crippen LogP contribution in [0.3, 0.4) is 0 Å². The molecule has 1 aromatic carbocycles. The molecule has 3 rings (SSSR count). The fraction of sp³-hybridized carbons (Fsp3) is 0.579. The van der Waals surface area contributed by atoms with Gasteiger partial charge in [0, 0.05) is 26.2 Å². The molecule has 0 bridgehead atoms. The molecule has 0 aromatic heterocycles. The summed E-state index contributed by atoms with van der Waals surface area (Å²) >= 11 is 1.52. The van der Waals surface area contributed by atoms with Crippen molar-refractivity contribution in [2.75, 3.05) is 44.8 Å². The van der Waals surface area contributed by atoms with E-state index in [-0.39, 0.29) is 23.0 Å². The average molecular weight is 380 g/mol. The number of carbonyl (C=O) groups is 2. The summed E-state index contributed by atoms with van der Waals surface area (Å²) in [6.45, 7) is 4.50. The normalized spacial score (nSPS) is 19.7. The second-order valence-electron chi connectivity index (χ2n) is 7.00. The molecule has 2 heterocycles. The van der Waals surface area contributed by atoms with Gasteiger partial charge in [-0.15, -0.1) is 0 Å². The van der Waals surface area contributed by atoms with Gasteiger partial charge in [0.2, 0.25) is 5.91 Å². The number of benzene rings is 1. The predicted molar refractivity (Wildman–Crippen MR) is 99.9 cm³/mol. The molecule has 2 saturated heterocycles. The second kappa shape index (κ2) is 7.96. The Morgan fingerprint density at radius 1 is 1.23 bits per heavy atom. The lowest BCUT2D eigenvalue weighted by Gasteiger charge is -2.47. The first-order valence-electron chi connectivity index (χ1n) is 8.91. The van der Waals surface area contributed by atoms with Gasteiger partial charge in [-0.1, -0.05) is 12.1 Å². The van der Waals surface area contributed by atoms with Crippen LogP contribution in [0.15, 0.2) is 18.2 Å². The Morgan fingerprint density at radius 2 is 1.96 bits per heavy atom. The Balaban J connectivity index is 1.65. The zero-order chi connectivity index (χ0) is 18.7. The van der Waals surface area contributed by atoms with Crippen molar-refractivity contribution in [2.24, 2.45) is 0 Å². The molecule has 2 amide bonds. The molecule has 7 heteroatoms. The summed E-state index contributed by atoms with van der Waals surface area (Å²) in [5.41, 5.74) is 0.427. The van der Waals surface area contributed by atoms with Gasteiger partial charge in [0.1, 0.15) is 5.82 Å². The first-order chi connectivity index (χ1) is 12.5. The summed E-state index contributed by atoms with van der Waals surface area (Å²) in [6.07, 6.45) is 3.24. The monoisotopic (exact) mass is 380 g/mol. The highest BCUT2D eigenvalue weighted by Gasteiger charge is 2.42. The molecule has 2 fully saturated rings. The number of aryl methyl sites for hydroxylation is 1. The average Bonchev–Trinajstić information content (AvgIpc) is 2.62. The van der Waals surface area contributed by atoms with E-state index in [4.69, 9.17) is 4.74 Å². The number of piperidine rings is 1. The van der Waals surface area contributed by atoms with Crippen molar-refractivity contribution in [2.45, 2.75) is 25.4 Å². The minimum absolute atomic E-state index is 0.140. The lowest BCUT2D eigenvalue weighted by molar-refractivity contribution is -0.156. The maximum Gasteiger partial charge on any atom is 0.257 e. The Labute approximate surface area is 157 Å². The molecule has 1 spiro atoms. The number of ether oxygens (including phenoxy) is 1. The lowest BCUT2D eigenvalue weighted by atomic mass is 9.88. The minimum Gasteiger partial charge on any atom is -0.371 e. The number of morpholine rings is 1. The highest BCUT2D eigenvalue weighted by molar-refractivity contribution is 7.99. The SMILES string of the molecule is CSCC(=O)N1CCOC2(CCN(C(=O)c3c(C)cccc3F)CC2)C1. The van der Waals surface area contributed by atoms with Crippen molar-refractivity contribution in [3.05, 3.63) is 35.1 Å². The fourth-order valence-electron chi connectivity index (χ4n) is 3.75. The van der Waals surface area contributed by atoms with Crippen LogP contribution in [-0.2, 0) is 9.53 Å². The minimum atomic E-state index is -0.474. The molecule has 2 aliphatic heterocycles. The number of rotatable bonds is 3. The van der Waals surface area contributed by atoms with Gasteiger partial charge < -0.3 is 14.5 Å². The van der Waals surface area contributed by atoms with Crippen LogP contribution in [0.4, 0.5) is 4.39 Å². The fourth-order valence-corrected chi connectivity index (χ4v) is 4.18. The molecule has 0 unspecified atom stereocenters. The largest absolute Gasteiger partial charge is 0.371 e. The van der Waals surface area contributed by atoms with Crippen LogP contribution >= 0.6 is 11.8 Å². The van der Waals surface area contributed by atoms with Crippen molar-refractivity contribution in [1.82, 2.24) is 9.80 Å². The van der Waals surface area contributed by atoms with E-state index in [9.17, 15) is 14.0 Å². The van der Waals surface area contributed by atoms with Gasteiger partial charge in [0.15, 0.2) is 0 Å². The smallest absolute Gasteiger partial charge is 0.257 e. The maximum absolute atomic E-state index is 14.1. The van der Waals surface area contributed by atoms with Crippen LogP contribution in [0, 0.1) is 12.7 Å². The van der Waals surface area contributed by atoms with Crippen LogP contribution in [0.5, 0.6) is 0 Å². The lowest BCUT2D eigenvalue weighted by Crippen LogP contribution is -2.58. The van der Waals surface area contributed by atoms with E-state index < -0.39 is 5.82 Å². The third-order valence-corrected chi connectivity index (χ3v) is 5.80. The number of nitrogens with zero attached hydrogens (tertiary/aromatic N) is 2. The molecule has 0 aliphatic carbocycles. The van der Waals surface area contributed by atoms with Gasteiger partial charge in [0.05, 0.1) is 23.5 Å². The van der Waals surface area contributed by atoms with Gasteiger partial charge in [-0.3, -0.25) is 9.59 Å². The van der Waals surface area contributed by atoms with Gasteiger partial charge >= 0.3 is 0 Å². The van der Waals surface area contributed by atoms with Crippen LogP contribution in [-0.4, -0.2) is 72.0 Å². The predicted octanol–water partition coefficient (Wildman–Crippen LogP) is 2.33. The molecule has 5 nitrogen and oxygen atoms in total. The Bertz CT molecular complexity index is 669. The zero-order valence-corrected chi connectivity index (χ0v) is 16.1. The third kappa shape index (κ3) is 3.88. The van der Waals surface area contributed by atoms with Gasteiger partial charge in [0.25, 0.3) is 5.91 Å². The molecule has 26 heavy (non-hydrogen) atoms. The van der Waals surface area contributed by atoms with E-state index in [0.717, 1.165) is 0 Å². The van der Waals surface area contributed by atoms with Crippen LogP contribution in [0.2, 0.25) is 0 Å². The van der Waals surface area contributed by atoms with Crippen LogP contribution in [0.1, 0.15) is 28.8 Å². The number of hydrogen-bond acceptors (Lipinski definition) is 4. The van der Waals surface area contributed by atoms with Gasteiger partial charge in [-0.05, 0) is 37.7 Å². The van der Waals surface area contributed by atoms with E-state index in [0.29, 0.717) is 56.9 Å². The van der Waals surface area contributed by atoms with E-state index in [1.54, 1.807) is 24.0 Å². The number of amides is 2. The molecular formula is C19H25FN2O3S. The molecule has 0 atom stereocenters. The standard InChI is InChI=1S/C19H25FN2O3S/c1-14-4-3-5-15(20)17(14)18(24)21-8-6-19(7-9-21)13-22(10-11-25-19)16(23)12-26-2/h3-5H,6-13H2,1-2H3. The highest BCUT2D eigenvalue weighted by atomic mass is 32.2. The number of hydrogen-bond donors (Lipinski definition) is 0. The second-order valence-corrected chi connectivity index (χ2v) is 7.87. The first kappa shape index (κ1) is 19.2. The highest BCUT2D eigenvalue weighted by Crippen LogP contribution is 2.31. The molecule has 0 radical (unpaired) electrons.